The van der Waals surface area contributed by atoms with E-state index in [-0.39, 0.29) is 27.8 Å². The number of oxime groups is 1. The zero-order valence-corrected chi connectivity index (χ0v) is 18.2. The highest BCUT2D eigenvalue weighted by Gasteiger charge is 2.21. The summed E-state index contributed by atoms with van der Waals surface area (Å²) in [4.78, 5) is 22.1. The molecule has 0 atom stereocenters. The average molecular weight is 457 g/mol. The SMILES string of the molecule is CC(=O)Nc1cc(C)nn1C(=NOS(=O)(=O)c1ccc(C)cc1)c1cccc([N+](=O)[O-])c1. The Morgan fingerprint density at radius 1 is 1.16 bits per heavy atom. The van der Waals surface area contributed by atoms with E-state index in [1.807, 2.05) is 0 Å². The Bertz CT molecular complexity index is 1310. The second-order valence-corrected chi connectivity index (χ2v) is 8.36. The minimum absolute atomic E-state index is 0.121. The van der Waals surface area contributed by atoms with Crippen LogP contribution in [0.1, 0.15) is 23.7 Å². The van der Waals surface area contributed by atoms with E-state index in [0.29, 0.717) is 5.69 Å². The van der Waals surface area contributed by atoms with E-state index in [1.165, 1.54) is 49.4 Å². The summed E-state index contributed by atoms with van der Waals surface area (Å²) in [7, 11) is -4.29. The largest absolute Gasteiger partial charge is 0.358 e. The summed E-state index contributed by atoms with van der Waals surface area (Å²) in [5.41, 5.74) is 1.24. The van der Waals surface area contributed by atoms with Gasteiger partial charge in [-0.05, 0) is 31.1 Å². The van der Waals surface area contributed by atoms with Crippen LogP contribution in [0.5, 0.6) is 0 Å². The van der Waals surface area contributed by atoms with E-state index in [0.717, 1.165) is 10.2 Å². The van der Waals surface area contributed by atoms with Crippen LogP contribution in [0.2, 0.25) is 0 Å². The summed E-state index contributed by atoms with van der Waals surface area (Å²) in [5, 5.41) is 21.8. The number of amides is 1. The number of carbonyl (C=O) groups is 1. The van der Waals surface area contributed by atoms with Crippen molar-refractivity contribution in [3.05, 3.63) is 81.5 Å². The van der Waals surface area contributed by atoms with Crippen LogP contribution in [0, 0.1) is 24.0 Å². The van der Waals surface area contributed by atoms with Crippen LogP contribution >= 0.6 is 0 Å². The van der Waals surface area contributed by atoms with Crippen LogP contribution in [-0.2, 0) is 19.2 Å². The standard InChI is InChI=1S/C20H19N5O6S/c1-13-7-9-18(10-8-13)32(29,30)31-23-20(16-5-4-6-17(12-16)25(27)28)24-19(21-15(3)26)11-14(2)22-24/h4-12H,1-3H3,(H,21,26). The first-order valence-corrected chi connectivity index (χ1v) is 10.7. The first-order valence-electron chi connectivity index (χ1n) is 9.24. The van der Waals surface area contributed by atoms with Gasteiger partial charge in [0.05, 0.1) is 10.6 Å². The van der Waals surface area contributed by atoms with Crippen molar-refractivity contribution in [1.29, 1.82) is 0 Å². The molecule has 1 aromatic heterocycles. The Kier molecular flexibility index (Phi) is 6.35. The summed E-state index contributed by atoms with van der Waals surface area (Å²) < 4.78 is 31.3. The number of rotatable bonds is 6. The van der Waals surface area contributed by atoms with Gasteiger partial charge in [-0.3, -0.25) is 19.2 Å². The van der Waals surface area contributed by atoms with Crippen molar-refractivity contribution in [3.63, 3.8) is 0 Å². The number of hydrogen-bond acceptors (Lipinski definition) is 8. The van der Waals surface area contributed by atoms with Gasteiger partial charge in [-0.25, -0.2) is 0 Å². The Morgan fingerprint density at radius 3 is 2.47 bits per heavy atom. The van der Waals surface area contributed by atoms with Gasteiger partial charge in [0.2, 0.25) is 11.7 Å². The van der Waals surface area contributed by atoms with Crippen LogP contribution in [0.3, 0.4) is 0 Å². The van der Waals surface area contributed by atoms with Crippen molar-refractivity contribution in [2.45, 2.75) is 25.7 Å². The van der Waals surface area contributed by atoms with Gasteiger partial charge in [-0.15, -0.1) is 0 Å². The lowest BCUT2D eigenvalue weighted by molar-refractivity contribution is -0.384. The number of aromatic nitrogens is 2. The molecule has 1 amide bonds. The van der Waals surface area contributed by atoms with Crippen molar-refractivity contribution < 1.29 is 22.4 Å². The molecule has 0 saturated heterocycles. The number of non-ortho nitro benzene ring substituents is 1. The average Bonchev–Trinajstić information content (AvgIpc) is 3.07. The van der Waals surface area contributed by atoms with Gasteiger partial charge in [-0.1, -0.05) is 29.8 Å². The van der Waals surface area contributed by atoms with E-state index in [1.54, 1.807) is 26.0 Å². The lowest BCUT2D eigenvalue weighted by atomic mass is 10.2. The number of anilines is 1. The van der Waals surface area contributed by atoms with Crippen molar-refractivity contribution in [1.82, 2.24) is 9.78 Å². The number of nitro groups is 1. The molecule has 12 heteroatoms. The molecule has 0 bridgehead atoms. The van der Waals surface area contributed by atoms with Gasteiger partial charge in [0.15, 0.2) is 0 Å². The zero-order chi connectivity index (χ0) is 23.5. The zero-order valence-electron chi connectivity index (χ0n) is 17.3. The molecule has 3 aromatic rings. The molecular weight excluding hydrogens is 438 g/mol. The summed E-state index contributed by atoms with van der Waals surface area (Å²) in [6.07, 6.45) is 0. The normalized spacial score (nSPS) is 11.8. The molecule has 166 valence electrons. The van der Waals surface area contributed by atoms with Crippen molar-refractivity contribution in [2.75, 3.05) is 5.32 Å². The Labute approximate surface area is 183 Å². The molecule has 0 radical (unpaired) electrons. The summed E-state index contributed by atoms with van der Waals surface area (Å²) >= 11 is 0. The number of carbonyl (C=O) groups excluding carboxylic acids is 1. The molecule has 3 rings (SSSR count). The van der Waals surface area contributed by atoms with Crippen LogP contribution < -0.4 is 5.32 Å². The van der Waals surface area contributed by atoms with Gasteiger partial charge < -0.3 is 5.32 Å². The number of nitrogens with zero attached hydrogens (tertiary/aromatic N) is 4. The van der Waals surface area contributed by atoms with Crippen LogP contribution in [-0.4, -0.2) is 34.9 Å². The topological polar surface area (TPSA) is 146 Å². The minimum Gasteiger partial charge on any atom is -0.311 e. The van der Waals surface area contributed by atoms with Crippen molar-refractivity contribution in [3.8, 4) is 0 Å². The minimum atomic E-state index is -4.29. The van der Waals surface area contributed by atoms with Gasteiger partial charge in [0.25, 0.3) is 5.69 Å². The van der Waals surface area contributed by atoms with Crippen LogP contribution in [0.4, 0.5) is 11.5 Å². The van der Waals surface area contributed by atoms with E-state index in [4.69, 9.17) is 4.28 Å². The summed E-state index contributed by atoms with van der Waals surface area (Å²) in [6, 6.07) is 12.8. The Morgan fingerprint density at radius 2 is 1.84 bits per heavy atom. The molecule has 2 aromatic carbocycles. The third kappa shape index (κ3) is 5.16. The quantitative estimate of drug-likeness (QED) is 0.259. The van der Waals surface area contributed by atoms with Gasteiger partial charge in [0, 0.05) is 30.7 Å². The third-order valence-corrected chi connectivity index (χ3v) is 5.30. The fourth-order valence-corrected chi connectivity index (χ4v) is 3.46. The highest BCUT2D eigenvalue weighted by Crippen LogP contribution is 2.20. The molecule has 0 unspecified atom stereocenters. The molecule has 1 N–H and O–H groups in total. The molecule has 1 heterocycles. The molecule has 11 nitrogen and oxygen atoms in total. The molecule has 0 saturated carbocycles. The molecule has 0 aliphatic carbocycles. The lowest BCUT2D eigenvalue weighted by Gasteiger charge is -2.11. The van der Waals surface area contributed by atoms with E-state index in [9.17, 15) is 23.3 Å². The van der Waals surface area contributed by atoms with E-state index < -0.39 is 20.9 Å². The van der Waals surface area contributed by atoms with Crippen LogP contribution in [0.25, 0.3) is 0 Å². The molecule has 0 fully saturated rings. The van der Waals surface area contributed by atoms with E-state index in [2.05, 4.69) is 15.6 Å². The number of aryl methyl sites for hydroxylation is 2. The smallest absolute Gasteiger partial charge is 0.311 e. The third-order valence-electron chi connectivity index (χ3n) is 4.18. The summed E-state index contributed by atoms with van der Waals surface area (Å²) in [6.45, 7) is 4.74. The highest BCUT2D eigenvalue weighted by molar-refractivity contribution is 7.86. The number of hydrogen-bond donors (Lipinski definition) is 1. The summed E-state index contributed by atoms with van der Waals surface area (Å²) in [5.74, 6) is -0.407. The Hall–Kier alpha value is -4.06. The molecule has 0 aliphatic heterocycles. The molecule has 32 heavy (non-hydrogen) atoms. The van der Waals surface area contributed by atoms with Gasteiger partial charge in [-0.2, -0.15) is 18.2 Å². The fraction of sp³-hybridized carbons (Fsp3) is 0.150. The van der Waals surface area contributed by atoms with E-state index >= 15 is 0 Å². The van der Waals surface area contributed by atoms with Crippen molar-refractivity contribution in [2.24, 2.45) is 5.16 Å². The number of nitrogens with one attached hydrogen (secondary N) is 1. The van der Waals surface area contributed by atoms with Gasteiger partial charge in [0.1, 0.15) is 10.7 Å². The lowest BCUT2D eigenvalue weighted by Crippen LogP contribution is -2.21. The molecular formula is C20H19N5O6S. The van der Waals surface area contributed by atoms with Crippen molar-refractivity contribution >= 4 is 33.4 Å². The second kappa shape index (κ2) is 8.98. The first kappa shape index (κ1) is 22.6. The first-order chi connectivity index (χ1) is 15.1. The predicted molar refractivity (Wildman–Crippen MR) is 116 cm³/mol. The highest BCUT2D eigenvalue weighted by atomic mass is 32.2. The maximum absolute atomic E-state index is 12.6. The Balaban J connectivity index is 2.13. The van der Waals surface area contributed by atoms with Gasteiger partial charge >= 0.3 is 10.1 Å². The van der Waals surface area contributed by atoms with Crippen LogP contribution in [0.15, 0.2) is 64.6 Å². The monoisotopic (exact) mass is 457 g/mol. The molecule has 0 aliphatic rings. The predicted octanol–water partition coefficient (Wildman–Crippen LogP) is 2.98. The number of nitro benzene ring substituents is 1. The molecule has 0 spiro atoms. The maximum Gasteiger partial charge on any atom is 0.358 e. The number of benzene rings is 2. The maximum atomic E-state index is 12.6. The second-order valence-electron chi connectivity index (χ2n) is 6.83. The fourth-order valence-electron chi connectivity index (χ4n) is 2.73.